The molecule has 1 fully saturated rings. The lowest BCUT2D eigenvalue weighted by Gasteiger charge is -2.06. The van der Waals surface area contributed by atoms with E-state index in [1.165, 1.54) is 12.8 Å². The van der Waals surface area contributed by atoms with Crippen LogP contribution in [0.1, 0.15) is 39.0 Å². The van der Waals surface area contributed by atoms with Crippen LogP contribution in [0.15, 0.2) is 5.10 Å². The van der Waals surface area contributed by atoms with Gasteiger partial charge in [0.25, 0.3) is 0 Å². The fourth-order valence-electron chi connectivity index (χ4n) is 1.90. The molecule has 17 heavy (non-hydrogen) atoms. The van der Waals surface area contributed by atoms with Gasteiger partial charge in [-0.25, -0.2) is 10.2 Å². The van der Waals surface area contributed by atoms with Gasteiger partial charge in [-0.05, 0) is 25.7 Å². The third-order valence-corrected chi connectivity index (χ3v) is 2.73. The van der Waals surface area contributed by atoms with Gasteiger partial charge in [-0.1, -0.05) is 12.8 Å². The topological polar surface area (TPSA) is 93.8 Å². The summed E-state index contributed by atoms with van der Waals surface area (Å²) in [4.78, 5) is 22.5. The van der Waals surface area contributed by atoms with Crippen LogP contribution in [0.4, 0.5) is 0 Å². The number of nitrogens with one attached hydrogen (secondary N) is 1. The summed E-state index contributed by atoms with van der Waals surface area (Å²) in [6, 6.07) is 0. The van der Waals surface area contributed by atoms with E-state index in [1.54, 1.807) is 6.92 Å². The maximum atomic E-state index is 11.5. The molecule has 0 bridgehead atoms. The van der Waals surface area contributed by atoms with Gasteiger partial charge >= 0.3 is 5.97 Å². The second-order valence-corrected chi connectivity index (χ2v) is 4.11. The first-order valence-electron chi connectivity index (χ1n) is 5.92. The summed E-state index contributed by atoms with van der Waals surface area (Å²) in [5.41, 5.74) is 7.59. The van der Waals surface area contributed by atoms with Crippen molar-refractivity contribution in [2.45, 2.75) is 39.0 Å². The molecular weight excluding hydrogens is 222 g/mol. The molecule has 0 spiro atoms. The van der Waals surface area contributed by atoms with Crippen molar-refractivity contribution in [3.8, 4) is 0 Å². The molecule has 1 saturated carbocycles. The Bertz CT molecular complexity index is 309. The van der Waals surface area contributed by atoms with Crippen LogP contribution in [0.3, 0.4) is 0 Å². The van der Waals surface area contributed by atoms with Crippen molar-refractivity contribution < 1.29 is 14.3 Å². The number of carbonyl (C=O) groups is 2. The molecule has 0 aromatic rings. The Labute approximate surface area is 101 Å². The lowest BCUT2D eigenvalue weighted by Crippen LogP contribution is -2.31. The molecule has 0 aromatic heterocycles. The molecule has 0 saturated heterocycles. The fraction of sp³-hybridized carbons (Fsp3) is 0.727. The van der Waals surface area contributed by atoms with Crippen molar-refractivity contribution in [3.05, 3.63) is 0 Å². The Balaban J connectivity index is 2.30. The number of nitrogens with two attached hydrogens (primary N) is 1. The van der Waals surface area contributed by atoms with Crippen molar-refractivity contribution in [2.24, 2.45) is 16.8 Å². The van der Waals surface area contributed by atoms with Crippen LogP contribution in [0.5, 0.6) is 0 Å². The molecule has 0 heterocycles. The SMILES string of the molecule is CCOC(=O)C(N)=NNC(=O)CC1CCCC1. The minimum Gasteiger partial charge on any atom is -0.460 e. The van der Waals surface area contributed by atoms with Gasteiger partial charge in [-0.15, -0.1) is 5.10 Å². The highest BCUT2D eigenvalue weighted by Gasteiger charge is 2.18. The number of hydrazone groups is 1. The van der Waals surface area contributed by atoms with Gasteiger partial charge in [-0.3, -0.25) is 4.79 Å². The van der Waals surface area contributed by atoms with Crippen molar-refractivity contribution in [1.82, 2.24) is 5.43 Å². The van der Waals surface area contributed by atoms with Gasteiger partial charge in [0.1, 0.15) is 0 Å². The minimum absolute atomic E-state index is 0.204. The molecule has 1 aliphatic rings. The van der Waals surface area contributed by atoms with E-state index in [-0.39, 0.29) is 18.3 Å². The van der Waals surface area contributed by atoms with Crippen molar-refractivity contribution in [1.29, 1.82) is 0 Å². The molecule has 3 N–H and O–H groups in total. The first kappa shape index (κ1) is 13.5. The summed E-state index contributed by atoms with van der Waals surface area (Å²) in [5, 5.41) is 3.51. The number of ether oxygens (including phenoxy) is 1. The molecule has 0 unspecified atom stereocenters. The normalized spacial score (nSPS) is 16.9. The van der Waals surface area contributed by atoms with Crippen LogP contribution in [-0.2, 0) is 14.3 Å². The number of amides is 1. The monoisotopic (exact) mass is 241 g/mol. The first-order chi connectivity index (χ1) is 8.13. The standard InChI is InChI=1S/C11H19N3O3/c1-2-17-11(16)10(12)14-13-9(15)7-8-5-3-4-6-8/h8H,2-7H2,1H3,(H2,12,14)(H,13,15). The van der Waals surface area contributed by atoms with E-state index < -0.39 is 5.97 Å². The lowest BCUT2D eigenvalue weighted by atomic mass is 10.0. The molecule has 1 amide bonds. The molecule has 96 valence electrons. The first-order valence-corrected chi connectivity index (χ1v) is 5.92. The van der Waals surface area contributed by atoms with Gasteiger partial charge in [0, 0.05) is 6.42 Å². The van der Waals surface area contributed by atoms with Crippen LogP contribution in [0.25, 0.3) is 0 Å². The Hall–Kier alpha value is -1.59. The minimum atomic E-state index is -0.714. The second kappa shape index (κ2) is 6.88. The van der Waals surface area contributed by atoms with E-state index in [1.807, 2.05) is 0 Å². The molecular formula is C11H19N3O3. The predicted molar refractivity (Wildman–Crippen MR) is 63.0 cm³/mol. The second-order valence-electron chi connectivity index (χ2n) is 4.11. The zero-order valence-electron chi connectivity index (χ0n) is 10.1. The van der Waals surface area contributed by atoms with E-state index in [0.29, 0.717) is 12.3 Å². The van der Waals surface area contributed by atoms with Crippen molar-refractivity contribution in [2.75, 3.05) is 6.61 Å². The quantitative estimate of drug-likeness (QED) is 0.325. The van der Waals surface area contributed by atoms with Crippen molar-refractivity contribution >= 4 is 17.7 Å². The number of esters is 1. The van der Waals surface area contributed by atoms with E-state index >= 15 is 0 Å². The lowest BCUT2D eigenvalue weighted by molar-refractivity contribution is -0.135. The Kier molecular flexibility index (Phi) is 5.45. The average molecular weight is 241 g/mol. The van der Waals surface area contributed by atoms with Gasteiger partial charge in [-0.2, -0.15) is 0 Å². The zero-order chi connectivity index (χ0) is 12.7. The predicted octanol–water partition coefficient (Wildman–Crippen LogP) is 0.518. The molecule has 0 aromatic carbocycles. The Morgan fingerprint density at radius 3 is 2.65 bits per heavy atom. The fourth-order valence-corrected chi connectivity index (χ4v) is 1.90. The summed E-state index contributed by atoms with van der Waals surface area (Å²) >= 11 is 0. The number of hydrogen-bond acceptors (Lipinski definition) is 4. The molecule has 6 nitrogen and oxygen atoms in total. The number of hydrogen-bond donors (Lipinski definition) is 2. The summed E-state index contributed by atoms with van der Waals surface area (Å²) in [6.45, 7) is 1.90. The van der Waals surface area contributed by atoms with Gasteiger partial charge in [0.2, 0.25) is 11.7 Å². The van der Waals surface area contributed by atoms with E-state index in [9.17, 15) is 9.59 Å². The van der Waals surface area contributed by atoms with Gasteiger partial charge < -0.3 is 10.5 Å². The summed E-state index contributed by atoms with van der Waals surface area (Å²) in [5.74, 6) is -0.807. The summed E-state index contributed by atoms with van der Waals surface area (Å²) in [6.07, 6.45) is 4.99. The largest absolute Gasteiger partial charge is 0.460 e. The molecule has 0 radical (unpaired) electrons. The zero-order valence-corrected chi connectivity index (χ0v) is 10.1. The Morgan fingerprint density at radius 2 is 2.06 bits per heavy atom. The smallest absolute Gasteiger partial charge is 0.375 e. The number of rotatable bonds is 4. The van der Waals surface area contributed by atoms with E-state index in [0.717, 1.165) is 12.8 Å². The third-order valence-electron chi connectivity index (χ3n) is 2.73. The van der Waals surface area contributed by atoms with Gasteiger partial charge in [0.15, 0.2) is 0 Å². The Morgan fingerprint density at radius 1 is 1.41 bits per heavy atom. The molecule has 0 aliphatic heterocycles. The van der Waals surface area contributed by atoms with Gasteiger partial charge in [0.05, 0.1) is 6.61 Å². The highest BCUT2D eigenvalue weighted by Crippen LogP contribution is 2.27. The van der Waals surface area contributed by atoms with Crippen molar-refractivity contribution in [3.63, 3.8) is 0 Å². The molecule has 1 rings (SSSR count). The van der Waals surface area contributed by atoms with E-state index in [4.69, 9.17) is 5.73 Å². The average Bonchev–Trinajstić information content (AvgIpc) is 2.79. The maximum Gasteiger partial charge on any atom is 0.375 e. The molecule has 0 atom stereocenters. The van der Waals surface area contributed by atoms with Crippen LogP contribution >= 0.6 is 0 Å². The number of carbonyl (C=O) groups excluding carboxylic acids is 2. The molecule has 6 heteroatoms. The van der Waals surface area contributed by atoms with E-state index in [2.05, 4.69) is 15.3 Å². The number of nitrogens with zero attached hydrogens (tertiary/aromatic N) is 1. The highest BCUT2D eigenvalue weighted by atomic mass is 16.5. The highest BCUT2D eigenvalue weighted by molar-refractivity contribution is 6.34. The third kappa shape index (κ3) is 4.84. The molecule has 1 aliphatic carbocycles. The van der Waals surface area contributed by atoms with Crippen LogP contribution < -0.4 is 11.2 Å². The van der Waals surface area contributed by atoms with Crippen LogP contribution in [0.2, 0.25) is 0 Å². The van der Waals surface area contributed by atoms with Crippen LogP contribution in [0, 0.1) is 5.92 Å². The van der Waals surface area contributed by atoms with Crippen LogP contribution in [-0.4, -0.2) is 24.3 Å². The number of amidine groups is 1. The summed E-state index contributed by atoms with van der Waals surface area (Å²) < 4.78 is 4.62. The maximum absolute atomic E-state index is 11.5. The summed E-state index contributed by atoms with van der Waals surface area (Å²) in [7, 11) is 0.